The summed E-state index contributed by atoms with van der Waals surface area (Å²) in [6.45, 7) is 4.13. The van der Waals surface area contributed by atoms with E-state index in [-0.39, 0.29) is 0 Å². The highest BCUT2D eigenvalue weighted by Crippen LogP contribution is 2.29. The van der Waals surface area contributed by atoms with E-state index in [0.717, 1.165) is 29.8 Å². The molecule has 2 aromatic carbocycles. The van der Waals surface area contributed by atoms with Gasteiger partial charge in [-0.25, -0.2) is 19.0 Å². The second kappa shape index (κ2) is 11.0. The standard InChI is InChI=1S/C25H29N7O2S/c1-3-34-21-10-8-19(9-11-21)23-17-29-25(30-20-6-4-7-22(16-20)35(2,26)33)31-24(23)28-12-5-14-32-15-13-27-18-32/h4,6-11,13,15-18,26H,3,5,12,14H2,1-2H3,(H2,28,29,30,31). The minimum Gasteiger partial charge on any atom is -0.494 e. The van der Waals surface area contributed by atoms with Gasteiger partial charge in [0.05, 0.1) is 22.7 Å². The number of nitrogens with zero attached hydrogens (tertiary/aromatic N) is 4. The predicted molar refractivity (Wildman–Crippen MR) is 139 cm³/mol. The zero-order chi connectivity index (χ0) is 24.7. The molecule has 1 unspecified atom stereocenters. The first-order valence-electron chi connectivity index (χ1n) is 11.3. The zero-order valence-corrected chi connectivity index (χ0v) is 20.6. The van der Waals surface area contributed by atoms with Gasteiger partial charge in [-0.15, -0.1) is 0 Å². The normalized spacial score (nSPS) is 12.6. The van der Waals surface area contributed by atoms with Crippen molar-refractivity contribution in [1.29, 1.82) is 4.78 Å². The highest BCUT2D eigenvalue weighted by atomic mass is 32.2. The van der Waals surface area contributed by atoms with Gasteiger partial charge in [-0.1, -0.05) is 18.2 Å². The molecule has 0 spiro atoms. The molecule has 0 fully saturated rings. The lowest BCUT2D eigenvalue weighted by atomic mass is 10.1. The van der Waals surface area contributed by atoms with Crippen LogP contribution >= 0.6 is 0 Å². The maximum Gasteiger partial charge on any atom is 0.229 e. The maximum absolute atomic E-state index is 12.1. The van der Waals surface area contributed by atoms with Gasteiger partial charge in [-0.2, -0.15) is 4.98 Å². The molecular formula is C25H29N7O2S. The van der Waals surface area contributed by atoms with Crippen molar-refractivity contribution in [2.75, 3.05) is 30.0 Å². The van der Waals surface area contributed by atoms with Crippen molar-refractivity contribution in [1.82, 2.24) is 19.5 Å². The van der Waals surface area contributed by atoms with Crippen LogP contribution in [0.15, 0.2) is 78.3 Å². The van der Waals surface area contributed by atoms with Crippen molar-refractivity contribution in [2.45, 2.75) is 24.8 Å². The molecule has 0 aliphatic rings. The molecule has 2 aromatic heterocycles. The number of rotatable bonds is 11. The summed E-state index contributed by atoms with van der Waals surface area (Å²) in [6, 6.07) is 14.8. The van der Waals surface area contributed by atoms with Crippen molar-refractivity contribution in [2.24, 2.45) is 0 Å². The Morgan fingerprint density at radius 1 is 1.17 bits per heavy atom. The van der Waals surface area contributed by atoms with Gasteiger partial charge in [0, 0.05) is 54.1 Å². The van der Waals surface area contributed by atoms with Crippen molar-refractivity contribution < 1.29 is 8.95 Å². The summed E-state index contributed by atoms with van der Waals surface area (Å²) in [6.07, 6.45) is 9.59. The third kappa shape index (κ3) is 6.57. The van der Waals surface area contributed by atoms with Gasteiger partial charge in [-0.3, -0.25) is 0 Å². The number of anilines is 3. The second-order valence-corrected chi connectivity index (χ2v) is 10.1. The predicted octanol–water partition coefficient (Wildman–Crippen LogP) is 5.02. The van der Waals surface area contributed by atoms with Crippen LogP contribution in [0.4, 0.5) is 17.5 Å². The van der Waals surface area contributed by atoms with Crippen molar-refractivity contribution in [3.8, 4) is 16.9 Å². The number of nitrogens with one attached hydrogen (secondary N) is 3. The quantitative estimate of drug-likeness (QED) is 0.252. The molecule has 3 N–H and O–H groups in total. The third-order valence-corrected chi connectivity index (χ3v) is 6.40. The summed E-state index contributed by atoms with van der Waals surface area (Å²) in [5.41, 5.74) is 2.51. The van der Waals surface area contributed by atoms with E-state index < -0.39 is 9.73 Å². The first-order valence-corrected chi connectivity index (χ1v) is 13.3. The van der Waals surface area contributed by atoms with Crippen LogP contribution in [-0.4, -0.2) is 43.1 Å². The lowest BCUT2D eigenvalue weighted by Gasteiger charge is -2.14. The van der Waals surface area contributed by atoms with Crippen LogP contribution in [0.1, 0.15) is 13.3 Å². The van der Waals surface area contributed by atoms with E-state index >= 15 is 0 Å². The minimum absolute atomic E-state index is 0.404. The van der Waals surface area contributed by atoms with Crippen molar-refractivity contribution in [3.05, 3.63) is 73.4 Å². The Kier molecular flexibility index (Phi) is 7.61. The summed E-state index contributed by atoms with van der Waals surface area (Å²) in [4.78, 5) is 13.8. The molecule has 0 aliphatic carbocycles. The SMILES string of the molecule is CCOc1ccc(-c2cnc(Nc3cccc(S(C)(=N)=O)c3)nc2NCCCn2ccnc2)cc1. The Balaban J connectivity index is 1.57. The number of hydrogen-bond acceptors (Lipinski definition) is 8. The molecule has 9 nitrogen and oxygen atoms in total. The summed E-state index contributed by atoms with van der Waals surface area (Å²) in [7, 11) is -2.82. The average Bonchev–Trinajstić information content (AvgIpc) is 3.36. The Bertz CT molecular complexity index is 1360. The topological polar surface area (TPSA) is 118 Å². The number of hydrogen-bond donors (Lipinski definition) is 3. The first-order chi connectivity index (χ1) is 16.9. The second-order valence-electron chi connectivity index (χ2n) is 7.99. The monoisotopic (exact) mass is 491 g/mol. The van der Waals surface area contributed by atoms with E-state index in [1.807, 2.05) is 48.0 Å². The number of ether oxygens (including phenoxy) is 1. The van der Waals surface area contributed by atoms with Crippen LogP contribution in [0.2, 0.25) is 0 Å². The molecule has 0 radical (unpaired) electrons. The van der Waals surface area contributed by atoms with Gasteiger partial charge in [-0.05, 0) is 49.2 Å². The third-order valence-electron chi connectivity index (χ3n) is 5.25. The average molecular weight is 492 g/mol. The Hall–Kier alpha value is -3.92. The molecule has 1 atom stereocenters. The fraction of sp³-hybridized carbons (Fsp3) is 0.240. The molecular weight excluding hydrogens is 462 g/mol. The lowest BCUT2D eigenvalue weighted by Crippen LogP contribution is -2.10. The number of imidazole rings is 1. The van der Waals surface area contributed by atoms with Gasteiger partial charge in [0.15, 0.2) is 0 Å². The highest BCUT2D eigenvalue weighted by molar-refractivity contribution is 7.91. The smallest absolute Gasteiger partial charge is 0.229 e. The highest BCUT2D eigenvalue weighted by Gasteiger charge is 2.11. The van der Waals surface area contributed by atoms with E-state index in [0.29, 0.717) is 35.5 Å². The summed E-state index contributed by atoms with van der Waals surface area (Å²) >= 11 is 0. The maximum atomic E-state index is 12.1. The molecule has 0 saturated heterocycles. The largest absolute Gasteiger partial charge is 0.494 e. The summed E-state index contributed by atoms with van der Waals surface area (Å²) < 4.78 is 27.6. The van der Waals surface area contributed by atoms with Crippen molar-refractivity contribution >= 4 is 27.2 Å². The van der Waals surface area contributed by atoms with Crippen LogP contribution in [0.5, 0.6) is 5.75 Å². The fourth-order valence-corrected chi connectivity index (χ4v) is 4.21. The van der Waals surface area contributed by atoms with E-state index in [4.69, 9.17) is 14.5 Å². The molecule has 10 heteroatoms. The molecule has 0 amide bonds. The van der Waals surface area contributed by atoms with Crippen LogP contribution in [0.3, 0.4) is 0 Å². The molecule has 35 heavy (non-hydrogen) atoms. The van der Waals surface area contributed by atoms with E-state index in [1.165, 1.54) is 6.26 Å². The van der Waals surface area contributed by atoms with Crippen LogP contribution in [0.25, 0.3) is 11.1 Å². The number of aryl methyl sites for hydroxylation is 1. The fourth-order valence-electron chi connectivity index (χ4n) is 3.52. The van der Waals surface area contributed by atoms with Gasteiger partial charge < -0.3 is 19.9 Å². The van der Waals surface area contributed by atoms with Gasteiger partial charge >= 0.3 is 0 Å². The molecule has 4 aromatic rings. The molecule has 2 heterocycles. The Morgan fingerprint density at radius 2 is 2.00 bits per heavy atom. The minimum atomic E-state index is -2.82. The number of aromatic nitrogens is 4. The molecule has 0 aliphatic heterocycles. The van der Waals surface area contributed by atoms with Crippen LogP contribution < -0.4 is 15.4 Å². The first kappa shape index (κ1) is 24.2. The van der Waals surface area contributed by atoms with Gasteiger partial charge in [0.1, 0.15) is 11.6 Å². The molecule has 0 bridgehead atoms. The van der Waals surface area contributed by atoms with E-state index in [2.05, 4.69) is 20.6 Å². The van der Waals surface area contributed by atoms with Crippen LogP contribution in [-0.2, 0) is 16.3 Å². The molecule has 0 saturated carbocycles. The van der Waals surface area contributed by atoms with E-state index in [1.54, 1.807) is 36.9 Å². The van der Waals surface area contributed by atoms with Gasteiger partial charge in [0.25, 0.3) is 0 Å². The van der Waals surface area contributed by atoms with E-state index in [9.17, 15) is 4.21 Å². The Morgan fingerprint density at radius 3 is 2.71 bits per heavy atom. The number of benzene rings is 2. The Labute approximate surface area is 205 Å². The van der Waals surface area contributed by atoms with Crippen LogP contribution in [0, 0.1) is 4.78 Å². The molecule has 182 valence electrons. The summed E-state index contributed by atoms with van der Waals surface area (Å²) in [5.74, 6) is 1.92. The summed E-state index contributed by atoms with van der Waals surface area (Å²) in [5, 5.41) is 6.61. The molecule has 4 rings (SSSR count). The lowest BCUT2D eigenvalue weighted by molar-refractivity contribution is 0.340. The zero-order valence-electron chi connectivity index (χ0n) is 19.8. The van der Waals surface area contributed by atoms with Crippen molar-refractivity contribution in [3.63, 3.8) is 0 Å². The van der Waals surface area contributed by atoms with Gasteiger partial charge in [0.2, 0.25) is 5.95 Å².